The third-order valence-electron chi connectivity index (χ3n) is 2.98. The molecule has 0 unspecified atom stereocenters. The van der Waals surface area contributed by atoms with Gasteiger partial charge in [-0.15, -0.1) is 0 Å². The summed E-state index contributed by atoms with van der Waals surface area (Å²) in [6, 6.07) is 4.63. The fourth-order valence-corrected chi connectivity index (χ4v) is 1.99. The Morgan fingerprint density at radius 1 is 1.30 bits per heavy atom. The monoisotopic (exact) mass is 317 g/mol. The lowest BCUT2D eigenvalue weighted by atomic mass is 10.2. The van der Waals surface area contributed by atoms with Gasteiger partial charge in [0.1, 0.15) is 5.75 Å². The first-order valence-corrected chi connectivity index (χ1v) is 6.96. The van der Waals surface area contributed by atoms with Gasteiger partial charge < -0.3 is 20.7 Å². The molecule has 0 fully saturated rings. The van der Waals surface area contributed by atoms with Gasteiger partial charge in [0.25, 0.3) is 0 Å². The highest BCUT2D eigenvalue weighted by molar-refractivity contribution is 5.94. The summed E-state index contributed by atoms with van der Waals surface area (Å²) in [5.74, 6) is 0.294. The number of nitrogens with zero attached hydrogens (tertiary/aromatic N) is 2. The molecule has 0 spiro atoms. The van der Waals surface area contributed by atoms with Gasteiger partial charge in [-0.2, -0.15) is 5.10 Å². The van der Waals surface area contributed by atoms with Crippen molar-refractivity contribution >= 4 is 23.3 Å². The Hall–Kier alpha value is -3.03. The van der Waals surface area contributed by atoms with Crippen molar-refractivity contribution in [2.24, 2.45) is 7.05 Å². The van der Waals surface area contributed by atoms with E-state index in [1.807, 2.05) is 13.2 Å². The van der Waals surface area contributed by atoms with Gasteiger partial charge in [0.2, 0.25) is 5.91 Å². The van der Waals surface area contributed by atoms with Crippen molar-refractivity contribution in [1.82, 2.24) is 15.1 Å². The highest BCUT2D eigenvalue weighted by Gasteiger charge is 2.08. The number of urea groups is 1. The number of aryl methyl sites for hydroxylation is 1. The molecule has 1 heterocycles. The van der Waals surface area contributed by atoms with Gasteiger partial charge in [0, 0.05) is 38.0 Å². The normalized spacial score (nSPS) is 10.0. The zero-order valence-electron chi connectivity index (χ0n) is 13.2. The third-order valence-corrected chi connectivity index (χ3v) is 2.98. The van der Waals surface area contributed by atoms with Crippen LogP contribution in [0.3, 0.4) is 0 Å². The molecule has 0 saturated heterocycles. The maximum absolute atomic E-state index is 11.9. The molecule has 0 aliphatic heterocycles. The molecule has 1 aromatic heterocycles. The molecule has 8 nitrogen and oxygen atoms in total. The number of rotatable bonds is 5. The van der Waals surface area contributed by atoms with Crippen LogP contribution in [0.1, 0.15) is 12.5 Å². The molecular formula is C15H19N5O3. The van der Waals surface area contributed by atoms with Crippen LogP contribution in [0.4, 0.5) is 16.2 Å². The minimum Gasteiger partial charge on any atom is -0.495 e. The standard InChI is InChI=1S/C15H19N5O3/c1-10(21)18-13-6-12(4-5-14(13)23-3)19-15(22)16-7-11-8-17-20(2)9-11/h4-6,8-9H,7H2,1-3H3,(H,18,21)(H2,16,19,22). The quantitative estimate of drug-likeness (QED) is 0.782. The smallest absolute Gasteiger partial charge is 0.319 e. The van der Waals surface area contributed by atoms with Crippen molar-refractivity contribution in [3.05, 3.63) is 36.2 Å². The van der Waals surface area contributed by atoms with Crippen molar-refractivity contribution in [3.63, 3.8) is 0 Å². The van der Waals surface area contributed by atoms with E-state index >= 15 is 0 Å². The summed E-state index contributed by atoms with van der Waals surface area (Å²) in [4.78, 5) is 23.1. The zero-order chi connectivity index (χ0) is 16.8. The zero-order valence-corrected chi connectivity index (χ0v) is 13.2. The first-order valence-electron chi connectivity index (χ1n) is 6.96. The number of amides is 3. The van der Waals surface area contributed by atoms with Gasteiger partial charge in [-0.05, 0) is 18.2 Å². The predicted molar refractivity (Wildman–Crippen MR) is 86.4 cm³/mol. The van der Waals surface area contributed by atoms with Gasteiger partial charge in [-0.25, -0.2) is 4.79 Å². The topological polar surface area (TPSA) is 97.3 Å². The second kappa shape index (κ2) is 7.30. The second-order valence-corrected chi connectivity index (χ2v) is 4.93. The molecular weight excluding hydrogens is 298 g/mol. The number of methoxy groups -OCH3 is 1. The van der Waals surface area contributed by atoms with Gasteiger partial charge in [-0.3, -0.25) is 9.48 Å². The van der Waals surface area contributed by atoms with Crippen LogP contribution in [-0.4, -0.2) is 28.8 Å². The molecule has 122 valence electrons. The maximum Gasteiger partial charge on any atom is 0.319 e. The van der Waals surface area contributed by atoms with Gasteiger partial charge in [-0.1, -0.05) is 0 Å². The van der Waals surface area contributed by atoms with Crippen LogP contribution in [0.25, 0.3) is 0 Å². The number of carbonyl (C=O) groups excluding carboxylic acids is 2. The van der Waals surface area contributed by atoms with Crippen LogP contribution in [0, 0.1) is 0 Å². The summed E-state index contributed by atoms with van der Waals surface area (Å²) >= 11 is 0. The summed E-state index contributed by atoms with van der Waals surface area (Å²) in [7, 11) is 3.32. The van der Waals surface area contributed by atoms with Gasteiger partial charge in [0.05, 0.1) is 19.0 Å². The van der Waals surface area contributed by atoms with Crippen molar-refractivity contribution in [2.45, 2.75) is 13.5 Å². The number of hydrogen-bond donors (Lipinski definition) is 3. The van der Waals surface area contributed by atoms with E-state index in [1.54, 1.807) is 29.1 Å². The first kappa shape index (κ1) is 16.3. The van der Waals surface area contributed by atoms with Crippen molar-refractivity contribution < 1.29 is 14.3 Å². The van der Waals surface area contributed by atoms with Gasteiger partial charge in [0.15, 0.2) is 0 Å². The van der Waals surface area contributed by atoms with E-state index in [2.05, 4.69) is 21.0 Å². The predicted octanol–water partition coefficient (Wildman–Crippen LogP) is 1.71. The fraction of sp³-hybridized carbons (Fsp3) is 0.267. The van der Waals surface area contributed by atoms with E-state index < -0.39 is 0 Å². The lowest BCUT2D eigenvalue weighted by Gasteiger charge is -2.12. The molecule has 2 aromatic rings. The van der Waals surface area contributed by atoms with E-state index in [4.69, 9.17) is 4.74 Å². The molecule has 0 saturated carbocycles. The largest absolute Gasteiger partial charge is 0.495 e. The minimum absolute atomic E-state index is 0.221. The molecule has 2 rings (SSSR count). The number of aromatic nitrogens is 2. The Morgan fingerprint density at radius 2 is 2.09 bits per heavy atom. The summed E-state index contributed by atoms with van der Waals surface area (Å²) < 4.78 is 6.83. The Labute approximate surface area is 133 Å². The number of hydrogen-bond acceptors (Lipinski definition) is 4. The molecule has 0 aliphatic carbocycles. The highest BCUT2D eigenvalue weighted by atomic mass is 16.5. The number of nitrogens with one attached hydrogen (secondary N) is 3. The van der Waals surface area contributed by atoms with E-state index in [1.165, 1.54) is 14.0 Å². The average Bonchev–Trinajstić information content (AvgIpc) is 2.90. The van der Waals surface area contributed by atoms with E-state index in [0.29, 0.717) is 23.7 Å². The van der Waals surface area contributed by atoms with Crippen molar-refractivity contribution in [3.8, 4) is 5.75 Å². The molecule has 0 radical (unpaired) electrons. The molecule has 23 heavy (non-hydrogen) atoms. The van der Waals surface area contributed by atoms with E-state index in [9.17, 15) is 9.59 Å². The fourth-order valence-electron chi connectivity index (χ4n) is 1.99. The lowest BCUT2D eigenvalue weighted by molar-refractivity contribution is -0.114. The van der Waals surface area contributed by atoms with E-state index in [0.717, 1.165) is 5.56 Å². The van der Waals surface area contributed by atoms with Crippen LogP contribution in [-0.2, 0) is 18.4 Å². The number of ether oxygens (including phenoxy) is 1. The van der Waals surface area contributed by atoms with Crippen LogP contribution in [0.2, 0.25) is 0 Å². The second-order valence-electron chi connectivity index (χ2n) is 4.93. The molecule has 3 N–H and O–H groups in total. The third kappa shape index (κ3) is 4.73. The first-order chi connectivity index (χ1) is 11.0. The minimum atomic E-state index is -0.354. The Morgan fingerprint density at radius 3 is 2.70 bits per heavy atom. The molecule has 0 bridgehead atoms. The SMILES string of the molecule is COc1ccc(NC(=O)NCc2cnn(C)c2)cc1NC(C)=O. The summed E-state index contributed by atoms with van der Waals surface area (Å²) in [6.07, 6.45) is 3.51. The highest BCUT2D eigenvalue weighted by Crippen LogP contribution is 2.27. The van der Waals surface area contributed by atoms with Crippen molar-refractivity contribution in [1.29, 1.82) is 0 Å². The van der Waals surface area contributed by atoms with Crippen LogP contribution >= 0.6 is 0 Å². The average molecular weight is 317 g/mol. The maximum atomic E-state index is 11.9. The molecule has 8 heteroatoms. The lowest BCUT2D eigenvalue weighted by Crippen LogP contribution is -2.28. The number of anilines is 2. The van der Waals surface area contributed by atoms with Gasteiger partial charge >= 0.3 is 6.03 Å². The Balaban J connectivity index is 1.98. The van der Waals surface area contributed by atoms with Crippen LogP contribution < -0.4 is 20.7 Å². The number of carbonyl (C=O) groups is 2. The Kier molecular flexibility index (Phi) is 5.19. The van der Waals surface area contributed by atoms with Crippen LogP contribution in [0.5, 0.6) is 5.75 Å². The molecule has 3 amide bonds. The summed E-state index contributed by atoms with van der Waals surface area (Å²) in [6.45, 7) is 1.77. The molecule has 0 atom stereocenters. The molecule has 1 aromatic carbocycles. The van der Waals surface area contributed by atoms with E-state index in [-0.39, 0.29) is 11.9 Å². The summed E-state index contributed by atoms with van der Waals surface area (Å²) in [5, 5.41) is 12.1. The van der Waals surface area contributed by atoms with Crippen LogP contribution in [0.15, 0.2) is 30.6 Å². The molecule has 0 aliphatic rings. The summed E-state index contributed by atoms with van der Waals surface area (Å²) in [5.41, 5.74) is 1.93. The number of benzene rings is 1. The Bertz CT molecular complexity index is 711. The van der Waals surface area contributed by atoms with Crippen molar-refractivity contribution in [2.75, 3.05) is 17.7 Å².